The van der Waals surface area contributed by atoms with Crippen LogP contribution in [0.4, 0.5) is 30.2 Å². The number of anilines is 2. The summed E-state index contributed by atoms with van der Waals surface area (Å²) in [6, 6.07) is 11.9. The highest BCUT2D eigenvalue weighted by Gasteiger charge is 2.79. The van der Waals surface area contributed by atoms with Crippen LogP contribution in [0, 0.1) is 32.3 Å². The van der Waals surface area contributed by atoms with E-state index in [-0.39, 0.29) is 53.0 Å². The van der Waals surface area contributed by atoms with Gasteiger partial charge in [-0.25, -0.2) is 18.1 Å². The van der Waals surface area contributed by atoms with E-state index in [4.69, 9.17) is 4.74 Å². The molecule has 1 amide bonds. The highest BCUT2D eigenvalue weighted by molar-refractivity contribution is 7.90. The number of carbonyl (C=O) groups is 1. The number of piperazine rings is 1. The molecule has 18 heteroatoms. The highest BCUT2D eigenvalue weighted by Crippen LogP contribution is 2.82. The number of benzene rings is 2. The van der Waals surface area contributed by atoms with Crippen molar-refractivity contribution in [1.29, 1.82) is 0 Å². The number of amides is 1. The van der Waals surface area contributed by atoms with Gasteiger partial charge in [0.1, 0.15) is 22.8 Å². The lowest BCUT2D eigenvalue weighted by Gasteiger charge is -2.72. The average Bonchev–Trinajstić information content (AvgIpc) is 3.68. The van der Waals surface area contributed by atoms with Crippen LogP contribution in [0.5, 0.6) is 11.5 Å². The number of H-pyrrole nitrogens is 1. The van der Waals surface area contributed by atoms with Crippen LogP contribution >= 0.6 is 0 Å². The molecular weight excluding hydrogens is 864 g/mol. The van der Waals surface area contributed by atoms with E-state index in [1.54, 1.807) is 31.3 Å². The number of aliphatic hydroxyl groups is 1. The number of allylic oxidation sites excluding steroid dienone is 1. The Balaban J connectivity index is 0.908. The summed E-state index contributed by atoms with van der Waals surface area (Å²) >= 11 is 0. The van der Waals surface area contributed by atoms with Gasteiger partial charge in [0.25, 0.3) is 21.6 Å². The number of alkyl halides is 3. The molecule has 4 aromatic rings. The zero-order valence-electron chi connectivity index (χ0n) is 36.9. The number of nitrogens with zero attached hydrogens (tertiary/aromatic N) is 4. The summed E-state index contributed by atoms with van der Waals surface area (Å²) in [6.45, 7) is 10.0. The van der Waals surface area contributed by atoms with E-state index in [1.807, 2.05) is 6.07 Å². The van der Waals surface area contributed by atoms with E-state index in [0.717, 1.165) is 55.8 Å². The summed E-state index contributed by atoms with van der Waals surface area (Å²) in [4.78, 5) is 36.9. The van der Waals surface area contributed by atoms with E-state index in [9.17, 15) is 41.6 Å². The van der Waals surface area contributed by atoms with E-state index in [2.05, 4.69) is 43.7 Å². The molecule has 3 heterocycles. The minimum atomic E-state index is -4.62. The van der Waals surface area contributed by atoms with Crippen molar-refractivity contribution in [3.63, 3.8) is 0 Å². The lowest BCUT2D eigenvalue weighted by atomic mass is 9.31. The zero-order valence-corrected chi connectivity index (χ0v) is 37.7. The molecule has 5 aliphatic carbocycles. The molecule has 6 aliphatic rings. The minimum absolute atomic E-state index is 0.0547. The number of pyridine rings is 1. The first-order valence-electron chi connectivity index (χ1n) is 22.4. The van der Waals surface area contributed by atoms with Crippen molar-refractivity contribution in [3.05, 3.63) is 87.7 Å². The minimum Gasteiger partial charge on any atom is -0.455 e. The molecular formula is C47H56F3N7O7S. The van der Waals surface area contributed by atoms with Crippen molar-refractivity contribution in [2.45, 2.75) is 102 Å². The fraction of sp³-hybridized carbons (Fsp3) is 0.532. The monoisotopic (exact) mass is 919 g/mol. The second-order valence-electron chi connectivity index (χ2n) is 20.3. The number of aromatic amines is 1. The van der Waals surface area contributed by atoms with Gasteiger partial charge in [0.05, 0.1) is 32.6 Å². The molecule has 4 N–H and O–H groups in total. The predicted octanol–water partition coefficient (Wildman–Crippen LogP) is 9.10. The zero-order chi connectivity index (χ0) is 46.2. The van der Waals surface area contributed by atoms with Crippen molar-refractivity contribution in [1.82, 2.24) is 19.6 Å². The third kappa shape index (κ3) is 8.92. The van der Waals surface area contributed by atoms with Crippen LogP contribution in [-0.2, 0) is 10.0 Å². The summed E-state index contributed by atoms with van der Waals surface area (Å²) < 4.78 is 77.3. The first-order chi connectivity index (χ1) is 30.6. The molecule has 0 atom stereocenters. The Morgan fingerprint density at radius 1 is 1.02 bits per heavy atom. The molecule has 1 aliphatic heterocycles. The molecule has 2 aromatic carbocycles. The normalized spacial score (nSPS) is 26.9. The van der Waals surface area contributed by atoms with Gasteiger partial charge in [-0.15, -0.1) is 0 Å². The Morgan fingerprint density at radius 2 is 1.74 bits per heavy atom. The van der Waals surface area contributed by atoms with Crippen LogP contribution in [-0.4, -0.2) is 90.3 Å². The fourth-order valence-electron chi connectivity index (χ4n) is 11.0. The van der Waals surface area contributed by atoms with Crippen molar-refractivity contribution in [2.24, 2.45) is 22.2 Å². The maximum absolute atomic E-state index is 13.9. The van der Waals surface area contributed by atoms with Gasteiger partial charge >= 0.3 is 6.18 Å². The van der Waals surface area contributed by atoms with Crippen LogP contribution < -0.4 is 19.7 Å². The van der Waals surface area contributed by atoms with Gasteiger partial charge in [-0.2, -0.15) is 13.2 Å². The molecule has 2 bridgehead atoms. The lowest BCUT2D eigenvalue weighted by molar-refractivity contribution is -0.384. The molecule has 348 valence electrons. The summed E-state index contributed by atoms with van der Waals surface area (Å²) in [6.07, 6.45) is 5.16. The summed E-state index contributed by atoms with van der Waals surface area (Å²) in [7, 11) is -4.62. The van der Waals surface area contributed by atoms with Crippen LogP contribution in [0.2, 0.25) is 0 Å². The molecule has 0 spiro atoms. The number of carbonyl (C=O) groups excluding carboxylic acids is 1. The van der Waals surface area contributed by atoms with Gasteiger partial charge in [0.15, 0.2) is 0 Å². The second-order valence-corrected chi connectivity index (χ2v) is 22.0. The van der Waals surface area contributed by atoms with Gasteiger partial charge < -0.3 is 25.0 Å². The smallest absolute Gasteiger partial charge is 0.394 e. The molecule has 0 radical (unpaired) electrons. The summed E-state index contributed by atoms with van der Waals surface area (Å²) in [5.41, 5.74) is 1.04. The van der Waals surface area contributed by atoms with Crippen molar-refractivity contribution in [3.8, 4) is 11.5 Å². The SMILES string of the molecule is CC1(C)CCC(CN2CCN(c3ccc(C(=O)NS(=O)(=O)c4ccc(NCC5CCC(C)(O)CC5)c([N+](=O)[O-])c4)c(Oc4cnc5[nH]ccc5c4)c3)CC2)=C(C23CC(C(F)(F)F)(C2)C3)C1. The number of sulfonamides is 1. The largest absolute Gasteiger partial charge is 0.455 e. The number of ether oxygens (including phenoxy) is 1. The molecule has 14 nitrogen and oxygen atoms in total. The molecule has 1 saturated heterocycles. The highest BCUT2D eigenvalue weighted by atomic mass is 32.2. The quantitative estimate of drug-likeness (QED) is 0.0570. The number of rotatable bonds is 13. The maximum atomic E-state index is 13.9. The second kappa shape index (κ2) is 16.3. The molecule has 2 aromatic heterocycles. The number of aromatic nitrogens is 2. The number of hydrogen-bond acceptors (Lipinski definition) is 11. The number of nitro groups is 1. The standard InChI is InChI=1S/C47H56F3N7O7S/c1-43(2)12-10-32(37(23-43)45-27-46(28-45,29-45)47(48,49)50)26-55-16-18-56(19-17-55)33-4-6-36(40(21-33)64-34-20-31-11-15-51-41(31)53-25-34)42(58)54-65(62,63)35-5-7-38(39(22-35)57(60)61)52-24-30-8-13-44(3,59)14-9-30/h4-7,11,15,20-22,25,30,52,59H,8-10,12-14,16-19,23-24,26-29H2,1-3H3,(H,51,53)(H,54,58). The number of fused-ring (bicyclic) bond motifs is 1. The molecule has 5 fully saturated rings. The first kappa shape index (κ1) is 45.0. The topological polar surface area (TPSA) is 183 Å². The number of halogens is 3. The van der Waals surface area contributed by atoms with Crippen molar-refractivity contribution in [2.75, 3.05) is 49.5 Å². The summed E-state index contributed by atoms with van der Waals surface area (Å²) in [5.74, 6) is -0.451. The van der Waals surface area contributed by atoms with Gasteiger partial charge in [0.2, 0.25) is 0 Å². The Bertz CT molecular complexity index is 2640. The number of nitrogens with one attached hydrogen (secondary N) is 3. The van der Waals surface area contributed by atoms with E-state index in [1.165, 1.54) is 35.5 Å². The van der Waals surface area contributed by atoms with Crippen LogP contribution in [0.25, 0.3) is 11.0 Å². The van der Waals surface area contributed by atoms with Crippen LogP contribution in [0.15, 0.2) is 77.0 Å². The number of nitro benzene ring substituents is 1. The van der Waals surface area contributed by atoms with Crippen molar-refractivity contribution >= 4 is 44.0 Å². The van der Waals surface area contributed by atoms with Gasteiger partial charge in [-0.05, 0) is 124 Å². The fourth-order valence-corrected chi connectivity index (χ4v) is 12.0. The van der Waals surface area contributed by atoms with Crippen molar-refractivity contribution < 1.29 is 41.2 Å². The third-order valence-corrected chi connectivity index (χ3v) is 16.2. The van der Waals surface area contributed by atoms with Crippen LogP contribution in [0.1, 0.15) is 95.3 Å². The molecule has 4 saturated carbocycles. The Labute approximate surface area is 376 Å². The third-order valence-electron chi connectivity index (χ3n) is 14.9. The molecule has 65 heavy (non-hydrogen) atoms. The maximum Gasteiger partial charge on any atom is 0.394 e. The average molecular weight is 920 g/mol. The summed E-state index contributed by atoms with van der Waals surface area (Å²) in [5, 5.41) is 26.3. The Hall–Kier alpha value is -5.20. The van der Waals surface area contributed by atoms with E-state index >= 15 is 0 Å². The van der Waals surface area contributed by atoms with Gasteiger partial charge in [0, 0.05) is 68.7 Å². The van der Waals surface area contributed by atoms with Gasteiger partial charge in [-0.1, -0.05) is 25.0 Å². The lowest BCUT2D eigenvalue weighted by Crippen LogP contribution is -2.69. The molecule has 10 rings (SSSR count). The predicted molar refractivity (Wildman–Crippen MR) is 240 cm³/mol. The van der Waals surface area contributed by atoms with E-state index in [0.29, 0.717) is 57.0 Å². The molecule has 0 unspecified atom stereocenters. The van der Waals surface area contributed by atoms with Crippen LogP contribution in [0.3, 0.4) is 0 Å². The van der Waals surface area contributed by atoms with Gasteiger partial charge in [-0.3, -0.25) is 19.8 Å². The Morgan fingerprint density at radius 3 is 2.43 bits per heavy atom. The Kier molecular flexibility index (Phi) is 11.3. The van der Waals surface area contributed by atoms with E-state index < -0.39 is 48.6 Å². The number of hydrogen-bond donors (Lipinski definition) is 4. The first-order valence-corrected chi connectivity index (χ1v) is 23.9.